The molecule has 0 aliphatic carbocycles. The summed E-state index contributed by atoms with van der Waals surface area (Å²) in [5, 5.41) is 0. The van der Waals surface area contributed by atoms with E-state index in [4.69, 9.17) is 0 Å². The molecule has 2 nitrogen and oxygen atoms in total. The molecule has 0 aromatic carbocycles. The van der Waals surface area contributed by atoms with E-state index in [9.17, 15) is 9.59 Å². The van der Waals surface area contributed by atoms with Crippen molar-refractivity contribution >= 4 is 11.6 Å². The highest BCUT2D eigenvalue weighted by Crippen LogP contribution is 2.17. The van der Waals surface area contributed by atoms with Gasteiger partial charge in [0.05, 0.1) is 0 Å². The van der Waals surface area contributed by atoms with Crippen LogP contribution in [-0.2, 0) is 9.59 Å². The molecule has 0 aliphatic rings. The fourth-order valence-electron chi connectivity index (χ4n) is 5.14. The van der Waals surface area contributed by atoms with Crippen molar-refractivity contribution in [2.75, 3.05) is 0 Å². The summed E-state index contributed by atoms with van der Waals surface area (Å²) >= 11 is 0. The third kappa shape index (κ3) is 25.0. The highest BCUT2D eigenvalue weighted by molar-refractivity contribution is 6.15. The maximum absolute atomic E-state index is 12.4. The molecule has 1 radical (unpaired) electrons. The van der Waals surface area contributed by atoms with Gasteiger partial charge in [-0.3, -0.25) is 9.59 Å². The van der Waals surface area contributed by atoms with Gasteiger partial charge in [0, 0.05) is 12.8 Å². The maximum atomic E-state index is 12.4. The van der Waals surface area contributed by atoms with Gasteiger partial charge in [0.25, 0.3) is 0 Å². The number of hydrogen-bond acceptors (Lipinski definition) is 2. The Morgan fingerprint density at radius 1 is 0.333 bits per heavy atom. The van der Waals surface area contributed by atoms with Crippen molar-refractivity contribution in [1.82, 2.24) is 0 Å². The highest BCUT2D eigenvalue weighted by atomic mass is 16.1. The van der Waals surface area contributed by atoms with Crippen LogP contribution in [0.2, 0.25) is 0 Å². The molecule has 0 amide bonds. The summed E-state index contributed by atoms with van der Waals surface area (Å²) in [4.78, 5) is 24.7. The van der Waals surface area contributed by atoms with Gasteiger partial charge < -0.3 is 0 Å². The molecule has 0 heterocycles. The summed E-state index contributed by atoms with van der Waals surface area (Å²) in [6.45, 7) is 6.31. The minimum absolute atomic E-state index is 0.0952. The third-order valence-corrected chi connectivity index (χ3v) is 7.85. The SMILES string of the molecule is CCCCCCCCCCCCCCCC(=O)[C](C)C(=O)CCCCCCCCCCCCCCC. The lowest BCUT2D eigenvalue weighted by atomic mass is 9.93. The topological polar surface area (TPSA) is 34.1 Å². The fraction of sp³-hybridized carbons (Fsp3) is 0.912. The summed E-state index contributed by atoms with van der Waals surface area (Å²) in [6, 6.07) is 0. The third-order valence-electron chi connectivity index (χ3n) is 7.85. The number of ketones is 2. The van der Waals surface area contributed by atoms with Crippen LogP contribution >= 0.6 is 0 Å². The van der Waals surface area contributed by atoms with E-state index in [0.717, 1.165) is 25.7 Å². The van der Waals surface area contributed by atoms with Crippen molar-refractivity contribution in [3.63, 3.8) is 0 Å². The van der Waals surface area contributed by atoms with E-state index in [1.165, 1.54) is 141 Å². The van der Waals surface area contributed by atoms with Crippen LogP contribution in [0.1, 0.15) is 201 Å². The Morgan fingerprint density at radius 2 is 0.528 bits per heavy atom. The number of carbonyl (C=O) groups is 2. The lowest BCUT2D eigenvalue weighted by molar-refractivity contribution is -0.124. The molecular weight excluding hydrogens is 440 g/mol. The van der Waals surface area contributed by atoms with Gasteiger partial charge in [-0.25, -0.2) is 0 Å². The van der Waals surface area contributed by atoms with Gasteiger partial charge >= 0.3 is 0 Å². The minimum Gasteiger partial charge on any atom is -0.299 e. The van der Waals surface area contributed by atoms with E-state index in [1.807, 2.05) is 0 Å². The molecule has 0 saturated carbocycles. The zero-order chi connectivity index (χ0) is 26.5. The molecule has 0 fully saturated rings. The number of unbranched alkanes of at least 4 members (excludes halogenated alkanes) is 24. The highest BCUT2D eigenvalue weighted by Gasteiger charge is 2.21. The summed E-state index contributed by atoms with van der Waals surface area (Å²) in [5.41, 5.74) is 0. The molecule has 0 saturated heterocycles. The van der Waals surface area contributed by atoms with Crippen molar-refractivity contribution in [1.29, 1.82) is 0 Å². The van der Waals surface area contributed by atoms with Crippen LogP contribution in [0.3, 0.4) is 0 Å². The predicted molar refractivity (Wildman–Crippen MR) is 160 cm³/mol. The molecule has 0 atom stereocenters. The lowest BCUT2D eigenvalue weighted by Gasteiger charge is -2.09. The average Bonchev–Trinajstić information content (AvgIpc) is 2.88. The number of hydrogen-bond donors (Lipinski definition) is 0. The number of carbonyl (C=O) groups excluding carboxylic acids is 2. The first-order valence-electron chi connectivity index (χ1n) is 16.5. The van der Waals surface area contributed by atoms with E-state index in [0.29, 0.717) is 18.8 Å². The van der Waals surface area contributed by atoms with Crippen molar-refractivity contribution in [2.45, 2.75) is 201 Å². The van der Waals surface area contributed by atoms with Crippen LogP contribution in [-0.4, -0.2) is 11.6 Å². The Labute approximate surface area is 227 Å². The largest absolute Gasteiger partial charge is 0.299 e. The number of rotatable bonds is 30. The van der Waals surface area contributed by atoms with Crippen molar-refractivity contribution in [2.24, 2.45) is 0 Å². The van der Waals surface area contributed by atoms with Crippen molar-refractivity contribution in [3.05, 3.63) is 5.92 Å². The molecule has 0 aromatic heterocycles. The minimum atomic E-state index is 0.0952. The van der Waals surface area contributed by atoms with Crippen molar-refractivity contribution in [3.8, 4) is 0 Å². The van der Waals surface area contributed by atoms with E-state index in [-0.39, 0.29) is 11.6 Å². The maximum Gasteiger partial charge on any atom is 0.147 e. The van der Waals surface area contributed by atoms with Gasteiger partial charge in [-0.05, 0) is 19.8 Å². The molecule has 213 valence electrons. The zero-order valence-corrected chi connectivity index (χ0v) is 25.1. The predicted octanol–water partition coefficient (Wildman–Crippen LogP) is 11.7. The second kappa shape index (κ2) is 28.9. The molecule has 0 bridgehead atoms. The smallest absolute Gasteiger partial charge is 0.147 e. The van der Waals surface area contributed by atoms with Crippen LogP contribution < -0.4 is 0 Å². The van der Waals surface area contributed by atoms with E-state index < -0.39 is 0 Å². The monoisotopic (exact) mass is 505 g/mol. The first-order chi connectivity index (χ1) is 17.6. The quantitative estimate of drug-likeness (QED) is 0.0718. The second-order valence-corrected chi connectivity index (χ2v) is 11.5. The Kier molecular flexibility index (Phi) is 28.4. The summed E-state index contributed by atoms with van der Waals surface area (Å²) in [7, 11) is 0. The van der Waals surface area contributed by atoms with Gasteiger partial charge in [0.15, 0.2) is 0 Å². The van der Waals surface area contributed by atoms with E-state index >= 15 is 0 Å². The van der Waals surface area contributed by atoms with Gasteiger partial charge in [0.2, 0.25) is 0 Å². The molecule has 36 heavy (non-hydrogen) atoms. The van der Waals surface area contributed by atoms with E-state index in [1.54, 1.807) is 6.92 Å². The van der Waals surface area contributed by atoms with Crippen LogP contribution in [0.25, 0.3) is 0 Å². The van der Waals surface area contributed by atoms with Crippen LogP contribution in [0.5, 0.6) is 0 Å². The van der Waals surface area contributed by atoms with Crippen LogP contribution in [0.4, 0.5) is 0 Å². The van der Waals surface area contributed by atoms with E-state index in [2.05, 4.69) is 13.8 Å². The first kappa shape index (κ1) is 35.3. The zero-order valence-electron chi connectivity index (χ0n) is 25.1. The van der Waals surface area contributed by atoms with Gasteiger partial charge in [-0.2, -0.15) is 0 Å². The molecule has 0 spiro atoms. The fourth-order valence-corrected chi connectivity index (χ4v) is 5.14. The molecule has 0 unspecified atom stereocenters. The Hall–Kier alpha value is -0.660. The number of Topliss-reactive ketones (excluding diaryl/α,β-unsaturated/α-hetero) is 2. The molecule has 0 aliphatic heterocycles. The molecular formula is C34H65O2. The summed E-state index contributed by atoms with van der Waals surface area (Å²) in [5.74, 6) is 0.698. The standard InChI is InChI=1S/C34H65O2/c1-4-6-8-10-12-14-16-18-20-22-24-26-28-30-33(35)32(3)34(36)31-29-27-25-23-21-19-17-15-13-11-9-7-5-2/h4-31H2,1-3H3. The van der Waals surface area contributed by atoms with Gasteiger partial charge in [-0.15, -0.1) is 0 Å². The lowest BCUT2D eigenvalue weighted by Crippen LogP contribution is -2.18. The summed E-state index contributed by atoms with van der Waals surface area (Å²) < 4.78 is 0. The molecule has 2 heteroatoms. The first-order valence-corrected chi connectivity index (χ1v) is 16.5. The van der Waals surface area contributed by atoms with Crippen LogP contribution in [0.15, 0.2) is 0 Å². The average molecular weight is 506 g/mol. The van der Waals surface area contributed by atoms with Crippen molar-refractivity contribution < 1.29 is 9.59 Å². The Balaban J connectivity index is 3.44. The second-order valence-electron chi connectivity index (χ2n) is 11.5. The Bertz CT molecular complexity index is 428. The van der Waals surface area contributed by atoms with Gasteiger partial charge in [0.1, 0.15) is 17.5 Å². The normalized spacial score (nSPS) is 11.4. The molecule has 0 aromatic rings. The molecule has 0 rings (SSSR count). The van der Waals surface area contributed by atoms with Crippen LogP contribution in [0, 0.1) is 5.92 Å². The van der Waals surface area contributed by atoms with Gasteiger partial charge in [-0.1, -0.05) is 168 Å². The Morgan fingerprint density at radius 3 is 0.750 bits per heavy atom. The summed E-state index contributed by atoms with van der Waals surface area (Å²) in [6.07, 6.45) is 35.3. The molecule has 0 N–H and O–H groups in total.